The molecule has 0 spiro atoms. The Kier molecular flexibility index (Phi) is 7.38. The number of halogens is 1. The zero-order chi connectivity index (χ0) is 28.5. The van der Waals surface area contributed by atoms with Crippen molar-refractivity contribution in [3.63, 3.8) is 0 Å². The van der Waals surface area contributed by atoms with Gasteiger partial charge in [-0.2, -0.15) is 0 Å². The van der Waals surface area contributed by atoms with Gasteiger partial charge in [-0.15, -0.1) is 0 Å². The highest BCUT2D eigenvalue weighted by Crippen LogP contribution is 2.38. The molecule has 1 atom stereocenters. The third-order valence-electron chi connectivity index (χ3n) is 6.74. The van der Waals surface area contributed by atoms with Gasteiger partial charge in [0, 0.05) is 10.6 Å². The van der Waals surface area contributed by atoms with Gasteiger partial charge in [-0.1, -0.05) is 59.3 Å². The van der Waals surface area contributed by atoms with Crippen LogP contribution in [0, 0.1) is 0 Å². The number of allylic oxidation sites excluding steroid dienone is 1. The van der Waals surface area contributed by atoms with E-state index in [-0.39, 0.29) is 19.0 Å². The standard InChI is InChI=1S/C31H25ClN2O6S/c1-3-37-30(36)27-18(2)33-31-34(28(27)21-10-13-24-25(14-21)40-17-39-24)29(35)26(41-31)15-20-6-4-5-7-23(20)38-16-19-8-11-22(32)12-9-19/h4-15,28H,3,16-17H2,1-2H3/b26-15-/t28-/m0/s1. The van der Waals surface area contributed by atoms with Crippen LogP contribution in [-0.4, -0.2) is 23.9 Å². The molecule has 4 aromatic rings. The van der Waals surface area contributed by atoms with Crippen molar-refractivity contribution in [2.75, 3.05) is 13.4 Å². The fourth-order valence-corrected chi connectivity index (χ4v) is 5.97. The van der Waals surface area contributed by atoms with Crippen LogP contribution in [0.1, 0.15) is 36.6 Å². The molecule has 0 fully saturated rings. The first-order valence-electron chi connectivity index (χ1n) is 13.0. The summed E-state index contributed by atoms with van der Waals surface area (Å²) in [6, 6.07) is 19.6. The number of hydrogen-bond donors (Lipinski definition) is 0. The lowest BCUT2D eigenvalue weighted by molar-refractivity contribution is -0.139. The van der Waals surface area contributed by atoms with Gasteiger partial charge in [-0.05, 0) is 61.4 Å². The summed E-state index contributed by atoms with van der Waals surface area (Å²) in [6.45, 7) is 4.14. The fourth-order valence-electron chi connectivity index (χ4n) is 4.80. The molecule has 0 N–H and O–H groups in total. The zero-order valence-electron chi connectivity index (χ0n) is 22.3. The number of carbonyl (C=O) groups excluding carboxylic acids is 1. The van der Waals surface area contributed by atoms with Gasteiger partial charge < -0.3 is 18.9 Å². The number of carbonyl (C=O) groups is 1. The molecule has 0 amide bonds. The molecule has 0 bridgehead atoms. The Morgan fingerprint density at radius 2 is 1.90 bits per heavy atom. The van der Waals surface area contributed by atoms with E-state index in [1.807, 2.05) is 54.6 Å². The van der Waals surface area contributed by atoms with Gasteiger partial charge in [-0.25, -0.2) is 9.79 Å². The molecule has 3 aromatic carbocycles. The van der Waals surface area contributed by atoms with Gasteiger partial charge in [0.05, 0.1) is 28.5 Å². The fraction of sp³-hybridized carbons (Fsp3) is 0.194. The van der Waals surface area contributed by atoms with Crippen LogP contribution in [0.4, 0.5) is 0 Å². The largest absolute Gasteiger partial charge is 0.488 e. The molecule has 2 aliphatic heterocycles. The molecule has 6 rings (SSSR count). The number of thiazole rings is 1. The Hall–Kier alpha value is -4.34. The maximum Gasteiger partial charge on any atom is 0.338 e. The lowest BCUT2D eigenvalue weighted by atomic mass is 9.95. The number of esters is 1. The molecular formula is C31H25ClN2O6S. The summed E-state index contributed by atoms with van der Waals surface area (Å²) in [5, 5.41) is 0.657. The predicted octanol–water partition coefficient (Wildman–Crippen LogP) is 4.76. The average molecular weight is 589 g/mol. The number of para-hydroxylation sites is 1. The van der Waals surface area contributed by atoms with Crippen molar-refractivity contribution in [3.8, 4) is 17.2 Å². The van der Waals surface area contributed by atoms with E-state index in [1.165, 1.54) is 11.3 Å². The topological polar surface area (TPSA) is 88.4 Å². The van der Waals surface area contributed by atoms with Crippen molar-refractivity contribution in [1.29, 1.82) is 0 Å². The summed E-state index contributed by atoms with van der Waals surface area (Å²) >= 11 is 7.26. The smallest absolute Gasteiger partial charge is 0.338 e. The Bertz CT molecular complexity index is 1860. The Morgan fingerprint density at radius 1 is 1.12 bits per heavy atom. The third kappa shape index (κ3) is 5.26. The molecule has 208 valence electrons. The zero-order valence-corrected chi connectivity index (χ0v) is 23.8. The van der Waals surface area contributed by atoms with Gasteiger partial charge in [0.2, 0.25) is 6.79 Å². The predicted molar refractivity (Wildman–Crippen MR) is 155 cm³/mol. The van der Waals surface area contributed by atoms with Crippen LogP contribution in [-0.2, 0) is 16.1 Å². The maximum absolute atomic E-state index is 14.0. The Morgan fingerprint density at radius 3 is 2.71 bits per heavy atom. The minimum atomic E-state index is -0.752. The summed E-state index contributed by atoms with van der Waals surface area (Å²) in [5.74, 6) is 1.26. The van der Waals surface area contributed by atoms with E-state index >= 15 is 0 Å². The second kappa shape index (κ2) is 11.3. The molecule has 0 aliphatic carbocycles. The van der Waals surface area contributed by atoms with E-state index in [4.69, 9.17) is 30.5 Å². The number of ether oxygens (including phenoxy) is 4. The van der Waals surface area contributed by atoms with Crippen molar-refractivity contribution in [3.05, 3.63) is 119 Å². The monoisotopic (exact) mass is 588 g/mol. The van der Waals surface area contributed by atoms with E-state index < -0.39 is 12.0 Å². The van der Waals surface area contributed by atoms with E-state index in [0.29, 0.717) is 55.0 Å². The highest BCUT2D eigenvalue weighted by Gasteiger charge is 2.34. The van der Waals surface area contributed by atoms with E-state index in [9.17, 15) is 9.59 Å². The Labute approximate surface area is 244 Å². The van der Waals surface area contributed by atoms with Crippen LogP contribution >= 0.6 is 22.9 Å². The molecule has 10 heteroatoms. The van der Waals surface area contributed by atoms with Crippen LogP contribution in [0.2, 0.25) is 5.02 Å². The van der Waals surface area contributed by atoms with Crippen molar-refractivity contribution >= 4 is 35.0 Å². The van der Waals surface area contributed by atoms with E-state index in [1.54, 1.807) is 36.6 Å². The number of nitrogens with zero attached hydrogens (tertiary/aromatic N) is 2. The third-order valence-corrected chi connectivity index (χ3v) is 7.98. The number of hydrogen-bond acceptors (Lipinski definition) is 8. The summed E-state index contributed by atoms with van der Waals surface area (Å²) in [5.41, 5.74) is 2.91. The lowest BCUT2D eigenvalue weighted by Gasteiger charge is -2.24. The van der Waals surface area contributed by atoms with Crippen molar-refractivity contribution < 1.29 is 23.7 Å². The molecule has 1 aromatic heterocycles. The second-order valence-corrected chi connectivity index (χ2v) is 10.8. The second-order valence-electron chi connectivity index (χ2n) is 9.37. The van der Waals surface area contributed by atoms with Gasteiger partial charge >= 0.3 is 5.97 Å². The van der Waals surface area contributed by atoms with Crippen molar-refractivity contribution in [2.45, 2.75) is 26.5 Å². The van der Waals surface area contributed by atoms with Gasteiger partial charge in [-0.3, -0.25) is 9.36 Å². The molecule has 8 nitrogen and oxygen atoms in total. The number of fused-ring (bicyclic) bond motifs is 2. The molecule has 0 saturated heterocycles. The summed E-state index contributed by atoms with van der Waals surface area (Å²) in [6.07, 6.45) is 1.79. The van der Waals surface area contributed by atoms with Crippen LogP contribution in [0.15, 0.2) is 87.8 Å². The Balaban J connectivity index is 1.43. The van der Waals surface area contributed by atoms with Crippen LogP contribution in [0.3, 0.4) is 0 Å². The van der Waals surface area contributed by atoms with Crippen molar-refractivity contribution in [2.24, 2.45) is 4.99 Å². The molecule has 3 heterocycles. The van der Waals surface area contributed by atoms with Crippen molar-refractivity contribution in [1.82, 2.24) is 4.57 Å². The van der Waals surface area contributed by atoms with E-state index in [2.05, 4.69) is 4.99 Å². The molecular weight excluding hydrogens is 564 g/mol. The molecule has 0 unspecified atom stereocenters. The number of aromatic nitrogens is 1. The summed E-state index contributed by atoms with van der Waals surface area (Å²) < 4.78 is 24.5. The molecule has 2 aliphatic rings. The van der Waals surface area contributed by atoms with Gasteiger partial charge in [0.1, 0.15) is 12.4 Å². The number of rotatable bonds is 7. The van der Waals surface area contributed by atoms with E-state index in [0.717, 1.165) is 11.1 Å². The molecule has 0 saturated carbocycles. The summed E-state index contributed by atoms with van der Waals surface area (Å²) in [4.78, 5) is 32.3. The van der Waals surface area contributed by atoms with Crippen LogP contribution < -0.4 is 29.1 Å². The van der Waals surface area contributed by atoms with Crippen LogP contribution in [0.5, 0.6) is 17.2 Å². The lowest BCUT2D eigenvalue weighted by Crippen LogP contribution is -2.39. The first kappa shape index (κ1) is 26.9. The first-order chi connectivity index (χ1) is 19.9. The van der Waals surface area contributed by atoms with Gasteiger partial charge in [0.25, 0.3) is 5.56 Å². The maximum atomic E-state index is 14.0. The minimum Gasteiger partial charge on any atom is -0.488 e. The SMILES string of the molecule is CCOC(=O)C1=C(C)N=c2s/c(=C\c3ccccc3OCc3ccc(Cl)cc3)c(=O)n2[C@H]1c1ccc2c(c1)OCO2. The van der Waals surface area contributed by atoms with Gasteiger partial charge in [0.15, 0.2) is 16.3 Å². The molecule has 0 radical (unpaired) electrons. The number of benzene rings is 3. The highest BCUT2D eigenvalue weighted by molar-refractivity contribution is 7.07. The highest BCUT2D eigenvalue weighted by atomic mass is 35.5. The average Bonchev–Trinajstić information content (AvgIpc) is 3.56. The normalized spacial score (nSPS) is 15.9. The van der Waals surface area contributed by atoms with Crippen LogP contribution in [0.25, 0.3) is 6.08 Å². The first-order valence-corrected chi connectivity index (χ1v) is 14.2. The minimum absolute atomic E-state index is 0.112. The molecule has 41 heavy (non-hydrogen) atoms. The quantitative estimate of drug-likeness (QED) is 0.289. The summed E-state index contributed by atoms with van der Waals surface area (Å²) in [7, 11) is 0.